The summed E-state index contributed by atoms with van der Waals surface area (Å²) in [5.41, 5.74) is -0.128. The molecule has 0 spiro atoms. The van der Waals surface area contributed by atoms with Crippen molar-refractivity contribution in [1.82, 2.24) is 0 Å². The van der Waals surface area contributed by atoms with Gasteiger partial charge in [-0.25, -0.2) is 0 Å². The Balaban J connectivity index is 2.93. The summed E-state index contributed by atoms with van der Waals surface area (Å²) < 4.78 is 0. The Morgan fingerprint density at radius 2 is 2.23 bits per heavy atom. The molecule has 0 aliphatic carbocycles. The fraction of sp³-hybridized carbons (Fsp3) is 0.500. The maximum Gasteiger partial charge on any atom is 0.130 e. The van der Waals surface area contributed by atoms with Gasteiger partial charge in [0.15, 0.2) is 0 Å². The Morgan fingerprint density at radius 3 is 2.62 bits per heavy atom. The highest BCUT2D eigenvalue weighted by Crippen LogP contribution is 2.36. The molecule has 0 bridgehead atoms. The molecule has 0 aliphatic rings. The van der Waals surface area contributed by atoms with Gasteiger partial charge in [-0.2, -0.15) is 0 Å². The van der Waals surface area contributed by atoms with E-state index in [1.54, 1.807) is 18.3 Å². The standard InChI is InChI=1S/C10H13ClOS/c1-7(12)6-10(2,3)9-8(11)4-5-13-9/h4-5H,6H2,1-3H3. The fourth-order valence-corrected chi connectivity index (χ4v) is 2.92. The summed E-state index contributed by atoms with van der Waals surface area (Å²) in [5.74, 6) is 0.203. The van der Waals surface area contributed by atoms with E-state index in [1.165, 1.54) is 0 Å². The SMILES string of the molecule is CC(=O)CC(C)(C)c1sccc1Cl. The van der Waals surface area contributed by atoms with E-state index < -0.39 is 0 Å². The molecule has 1 aromatic rings. The van der Waals surface area contributed by atoms with E-state index in [0.29, 0.717) is 6.42 Å². The molecule has 1 nitrogen and oxygen atoms in total. The third-order valence-electron chi connectivity index (χ3n) is 1.92. The summed E-state index contributed by atoms with van der Waals surface area (Å²) in [6, 6.07) is 1.88. The molecule has 0 amide bonds. The minimum absolute atomic E-state index is 0.128. The first kappa shape index (κ1) is 10.7. The van der Waals surface area contributed by atoms with Crippen LogP contribution in [0.1, 0.15) is 32.1 Å². The highest BCUT2D eigenvalue weighted by Gasteiger charge is 2.25. The molecule has 13 heavy (non-hydrogen) atoms. The summed E-state index contributed by atoms with van der Waals surface area (Å²) in [5, 5.41) is 2.73. The maximum absolute atomic E-state index is 11.0. The van der Waals surface area contributed by atoms with Crippen LogP contribution in [0.15, 0.2) is 11.4 Å². The molecule has 0 unspecified atom stereocenters. The van der Waals surface area contributed by atoms with Gasteiger partial charge in [-0.1, -0.05) is 25.4 Å². The highest BCUT2D eigenvalue weighted by atomic mass is 35.5. The molecule has 1 heterocycles. The Hall–Kier alpha value is -0.340. The van der Waals surface area contributed by atoms with Crippen molar-refractivity contribution in [1.29, 1.82) is 0 Å². The lowest BCUT2D eigenvalue weighted by atomic mass is 9.86. The first-order valence-corrected chi connectivity index (χ1v) is 5.42. The monoisotopic (exact) mass is 216 g/mol. The van der Waals surface area contributed by atoms with Crippen LogP contribution in [0.2, 0.25) is 5.02 Å². The number of ketones is 1. The molecule has 0 fully saturated rings. The van der Waals surface area contributed by atoms with E-state index in [-0.39, 0.29) is 11.2 Å². The maximum atomic E-state index is 11.0. The summed E-state index contributed by atoms with van der Waals surface area (Å²) in [6.07, 6.45) is 0.549. The lowest BCUT2D eigenvalue weighted by molar-refractivity contribution is -0.117. The van der Waals surface area contributed by atoms with Crippen molar-refractivity contribution in [3.05, 3.63) is 21.3 Å². The highest BCUT2D eigenvalue weighted by molar-refractivity contribution is 7.10. The smallest absolute Gasteiger partial charge is 0.130 e. The van der Waals surface area contributed by atoms with Gasteiger partial charge >= 0.3 is 0 Å². The number of hydrogen-bond donors (Lipinski definition) is 0. The zero-order valence-corrected chi connectivity index (χ0v) is 9.63. The Labute approximate surface area is 87.7 Å². The largest absolute Gasteiger partial charge is 0.300 e. The number of Topliss-reactive ketones (excluding diaryl/α,β-unsaturated/α-hetero) is 1. The lowest BCUT2D eigenvalue weighted by Gasteiger charge is -2.22. The van der Waals surface area contributed by atoms with Gasteiger partial charge in [0.1, 0.15) is 5.78 Å². The molecule has 0 saturated carbocycles. The second-order valence-electron chi connectivity index (χ2n) is 3.86. The molecular formula is C10H13ClOS. The second kappa shape index (κ2) is 3.81. The van der Waals surface area contributed by atoms with Gasteiger partial charge in [0.25, 0.3) is 0 Å². The van der Waals surface area contributed by atoms with Crippen molar-refractivity contribution in [2.24, 2.45) is 0 Å². The number of carbonyl (C=O) groups excluding carboxylic acids is 1. The number of rotatable bonds is 3. The van der Waals surface area contributed by atoms with E-state index >= 15 is 0 Å². The zero-order chi connectivity index (χ0) is 10.1. The van der Waals surface area contributed by atoms with Crippen LogP contribution in [0.5, 0.6) is 0 Å². The van der Waals surface area contributed by atoms with Crippen LogP contribution in [0.25, 0.3) is 0 Å². The summed E-state index contributed by atoms with van der Waals surface area (Å²) >= 11 is 7.62. The van der Waals surface area contributed by atoms with Crippen LogP contribution in [-0.4, -0.2) is 5.78 Å². The second-order valence-corrected chi connectivity index (χ2v) is 5.18. The van der Waals surface area contributed by atoms with Gasteiger partial charge < -0.3 is 0 Å². The third-order valence-corrected chi connectivity index (χ3v) is 3.63. The lowest BCUT2D eigenvalue weighted by Crippen LogP contribution is -2.19. The molecule has 1 aromatic heterocycles. The quantitative estimate of drug-likeness (QED) is 0.754. The Bertz CT molecular complexity index is 314. The molecule has 0 atom stereocenters. The van der Waals surface area contributed by atoms with Gasteiger partial charge in [0, 0.05) is 16.7 Å². The predicted molar refractivity (Wildman–Crippen MR) is 57.7 cm³/mol. The summed E-state index contributed by atoms with van der Waals surface area (Å²) in [6.45, 7) is 5.71. The first-order valence-electron chi connectivity index (χ1n) is 4.16. The van der Waals surface area contributed by atoms with E-state index in [0.717, 1.165) is 9.90 Å². The average Bonchev–Trinajstić information content (AvgIpc) is 2.32. The van der Waals surface area contributed by atoms with Crippen molar-refractivity contribution >= 4 is 28.7 Å². The average molecular weight is 217 g/mol. The number of halogens is 1. The minimum atomic E-state index is -0.128. The van der Waals surface area contributed by atoms with Gasteiger partial charge in [-0.15, -0.1) is 11.3 Å². The third kappa shape index (κ3) is 2.55. The topological polar surface area (TPSA) is 17.1 Å². The van der Waals surface area contributed by atoms with Crippen LogP contribution in [0, 0.1) is 0 Å². The first-order chi connectivity index (χ1) is 5.93. The molecule has 3 heteroatoms. The van der Waals surface area contributed by atoms with Crippen molar-refractivity contribution < 1.29 is 4.79 Å². The zero-order valence-electron chi connectivity index (χ0n) is 8.06. The van der Waals surface area contributed by atoms with Crippen molar-refractivity contribution in [2.45, 2.75) is 32.6 Å². The van der Waals surface area contributed by atoms with Crippen molar-refractivity contribution in [3.63, 3.8) is 0 Å². The van der Waals surface area contributed by atoms with E-state index in [9.17, 15) is 4.79 Å². The van der Waals surface area contributed by atoms with Crippen LogP contribution in [0.4, 0.5) is 0 Å². The van der Waals surface area contributed by atoms with E-state index in [4.69, 9.17) is 11.6 Å². The van der Waals surface area contributed by atoms with Crippen molar-refractivity contribution in [2.75, 3.05) is 0 Å². The van der Waals surface area contributed by atoms with E-state index in [2.05, 4.69) is 0 Å². The fourth-order valence-electron chi connectivity index (χ4n) is 1.48. The Morgan fingerprint density at radius 1 is 1.62 bits per heavy atom. The molecule has 72 valence electrons. The molecule has 0 aliphatic heterocycles. The molecule has 0 aromatic carbocycles. The van der Waals surface area contributed by atoms with Gasteiger partial charge in [-0.3, -0.25) is 4.79 Å². The van der Waals surface area contributed by atoms with Gasteiger partial charge in [0.2, 0.25) is 0 Å². The van der Waals surface area contributed by atoms with Crippen LogP contribution >= 0.6 is 22.9 Å². The number of thiophene rings is 1. The molecule has 0 saturated heterocycles. The van der Waals surface area contributed by atoms with Gasteiger partial charge in [0.05, 0.1) is 5.02 Å². The Kier molecular flexibility index (Phi) is 3.14. The van der Waals surface area contributed by atoms with Crippen LogP contribution < -0.4 is 0 Å². The van der Waals surface area contributed by atoms with E-state index in [1.807, 2.05) is 25.3 Å². The van der Waals surface area contributed by atoms with Crippen LogP contribution in [0.3, 0.4) is 0 Å². The van der Waals surface area contributed by atoms with Crippen LogP contribution in [-0.2, 0) is 10.2 Å². The molecule has 0 N–H and O–H groups in total. The molecular weight excluding hydrogens is 204 g/mol. The molecule has 1 rings (SSSR count). The number of carbonyl (C=O) groups is 1. The van der Waals surface area contributed by atoms with Gasteiger partial charge in [-0.05, 0) is 18.4 Å². The minimum Gasteiger partial charge on any atom is -0.300 e. The number of hydrogen-bond acceptors (Lipinski definition) is 2. The van der Waals surface area contributed by atoms with Crippen molar-refractivity contribution in [3.8, 4) is 0 Å². The summed E-state index contributed by atoms with van der Waals surface area (Å²) in [7, 11) is 0. The normalized spacial score (nSPS) is 11.7. The predicted octanol–water partition coefficient (Wildman–Crippen LogP) is 3.66. The molecule has 0 radical (unpaired) electrons. The summed E-state index contributed by atoms with van der Waals surface area (Å²) in [4.78, 5) is 12.1.